The quantitative estimate of drug-likeness (QED) is 0.381. The van der Waals surface area contributed by atoms with E-state index in [4.69, 9.17) is 21.4 Å². The molecule has 0 aromatic carbocycles. The topological polar surface area (TPSA) is 90.2 Å². The van der Waals surface area contributed by atoms with Crippen molar-refractivity contribution in [2.24, 2.45) is 0 Å². The Morgan fingerprint density at radius 2 is 1.69 bits per heavy atom. The molecule has 5 nitrogen and oxygen atoms in total. The van der Waals surface area contributed by atoms with E-state index < -0.39 is 37.1 Å². The Morgan fingerprint density at radius 1 is 1.12 bits per heavy atom. The van der Waals surface area contributed by atoms with Gasteiger partial charge in [-0.05, 0) is 6.42 Å². The van der Waals surface area contributed by atoms with Crippen molar-refractivity contribution >= 4 is 11.6 Å². The molecule has 0 aromatic heterocycles. The Morgan fingerprint density at radius 3 is 2.19 bits per heavy atom. The number of aliphatic hydroxyl groups is 4. The summed E-state index contributed by atoms with van der Waals surface area (Å²) in [6, 6.07) is 0. The van der Waals surface area contributed by atoms with E-state index in [0.29, 0.717) is 5.57 Å². The first-order valence-corrected chi connectivity index (χ1v) is 5.57. The van der Waals surface area contributed by atoms with Crippen molar-refractivity contribution in [1.29, 1.82) is 0 Å². The van der Waals surface area contributed by atoms with Crippen LogP contribution in [0, 0.1) is 0 Å². The molecule has 1 rings (SSSR count). The van der Waals surface area contributed by atoms with E-state index in [-0.39, 0.29) is 12.3 Å². The highest BCUT2D eigenvalue weighted by Gasteiger charge is 2.43. The lowest BCUT2D eigenvalue weighted by Gasteiger charge is -2.40. The predicted molar refractivity (Wildman–Crippen MR) is 58.2 cm³/mol. The number of ether oxygens (including phenoxy) is 1. The zero-order chi connectivity index (χ0) is 12.3. The zero-order valence-corrected chi connectivity index (χ0v) is 9.55. The molecule has 0 spiro atoms. The maximum absolute atomic E-state index is 9.66. The maximum Gasteiger partial charge on any atom is 0.111 e. The molecule has 5 unspecified atom stereocenters. The molecule has 0 bridgehead atoms. The van der Waals surface area contributed by atoms with Crippen LogP contribution in [0.3, 0.4) is 0 Å². The van der Waals surface area contributed by atoms with Crippen LogP contribution in [0.1, 0.15) is 6.42 Å². The summed E-state index contributed by atoms with van der Waals surface area (Å²) in [5.41, 5.74) is 0.658. The van der Waals surface area contributed by atoms with Crippen molar-refractivity contribution < 1.29 is 25.2 Å². The monoisotopic (exact) mass is 252 g/mol. The minimum absolute atomic E-state index is 0.231. The van der Waals surface area contributed by atoms with E-state index in [0.717, 1.165) is 0 Å². The van der Waals surface area contributed by atoms with Gasteiger partial charge in [-0.1, -0.05) is 12.2 Å². The lowest BCUT2D eigenvalue weighted by Crippen LogP contribution is -2.58. The second-order valence-corrected chi connectivity index (χ2v) is 4.22. The number of hydrogen-bond donors (Lipinski definition) is 4. The van der Waals surface area contributed by atoms with Gasteiger partial charge < -0.3 is 25.2 Å². The normalized spacial score (nSPS) is 39.7. The van der Waals surface area contributed by atoms with Crippen molar-refractivity contribution in [3.05, 3.63) is 12.2 Å². The molecule has 0 aliphatic carbocycles. The van der Waals surface area contributed by atoms with E-state index >= 15 is 0 Å². The molecule has 1 fully saturated rings. The van der Waals surface area contributed by atoms with Gasteiger partial charge >= 0.3 is 0 Å². The molecule has 1 saturated heterocycles. The van der Waals surface area contributed by atoms with E-state index in [9.17, 15) is 15.3 Å². The number of hydrogen-bond acceptors (Lipinski definition) is 5. The Kier molecular flexibility index (Phi) is 5.17. The van der Waals surface area contributed by atoms with Crippen LogP contribution < -0.4 is 0 Å². The highest BCUT2D eigenvalue weighted by atomic mass is 35.5. The summed E-state index contributed by atoms with van der Waals surface area (Å²) in [6.07, 6.45) is -5.16. The third-order valence-corrected chi connectivity index (χ3v) is 3.05. The minimum Gasteiger partial charge on any atom is -0.394 e. The van der Waals surface area contributed by atoms with Gasteiger partial charge in [0.1, 0.15) is 24.4 Å². The molecule has 6 heteroatoms. The molecule has 0 saturated carbocycles. The summed E-state index contributed by atoms with van der Waals surface area (Å²) < 4.78 is 5.27. The van der Waals surface area contributed by atoms with Gasteiger partial charge in [0, 0.05) is 5.88 Å². The summed E-state index contributed by atoms with van der Waals surface area (Å²) in [4.78, 5) is 0. The second kappa shape index (κ2) is 5.95. The van der Waals surface area contributed by atoms with Crippen LogP contribution in [0.2, 0.25) is 0 Å². The second-order valence-electron chi connectivity index (χ2n) is 3.96. The number of rotatable bonds is 4. The summed E-state index contributed by atoms with van der Waals surface area (Å²) in [5.74, 6) is 0.231. The molecule has 0 aromatic rings. The van der Waals surface area contributed by atoms with Crippen molar-refractivity contribution in [2.75, 3.05) is 12.5 Å². The lowest BCUT2D eigenvalue weighted by molar-refractivity contribution is -0.228. The summed E-state index contributed by atoms with van der Waals surface area (Å²) in [5, 5.41) is 37.6. The van der Waals surface area contributed by atoms with Crippen LogP contribution in [-0.4, -0.2) is 63.4 Å². The number of halogens is 1. The highest BCUT2D eigenvalue weighted by molar-refractivity contribution is 6.19. The minimum atomic E-state index is -1.33. The Hall–Kier alpha value is -0.170. The fourth-order valence-electron chi connectivity index (χ4n) is 1.69. The summed E-state index contributed by atoms with van der Waals surface area (Å²) in [6.45, 7) is 3.25. The Labute approximate surface area is 98.9 Å². The maximum atomic E-state index is 9.66. The van der Waals surface area contributed by atoms with E-state index in [1.165, 1.54) is 0 Å². The first-order chi connectivity index (χ1) is 7.51. The molecular weight excluding hydrogens is 236 g/mol. The van der Waals surface area contributed by atoms with Crippen LogP contribution >= 0.6 is 11.6 Å². The van der Waals surface area contributed by atoms with Gasteiger partial charge in [-0.3, -0.25) is 0 Å². The molecule has 1 aliphatic heterocycles. The lowest BCUT2D eigenvalue weighted by atomic mass is 9.92. The van der Waals surface area contributed by atoms with Gasteiger partial charge in [0.15, 0.2) is 0 Å². The smallest absolute Gasteiger partial charge is 0.111 e. The molecule has 1 aliphatic rings. The largest absolute Gasteiger partial charge is 0.394 e. The number of aliphatic hydroxyl groups excluding tert-OH is 4. The van der Waals surface area contributed by atoms with Crippen LogP contribution in [0.15, 0.2) is 12.2 Å². The average molecular weight is 253 g/mol. The van der Waals surface area contributed by atoms with Crippen LogP contribution in [0.25, 0.3) is 0 Å². The third-order valence-electron chi connectivity index (χ3n) is 2.67. The first kappa shape index (κ1) is 13.9. The number of alkyl halides is 1. The molecule has 0 radical (unpaired) electrons. The van der Waals surface area contributed by atoms with Crippen molar-refractivity contribution in [1.82, 2.24) is 0 Å². The fourth-order valence-corrected chi connectivity index (χ4v) is 1.80. The molecule has 4 N–H and O–H groups in total. The van der Waals surface area contributed by atoms with Gasteiger partial charge in [0.25, 0.3) is 0 Å². The molecular formula is C10H17ClO5. The van der Waals surface area contributed by atoms with Gasteiger partial charge in [-0.2, -0.15) is 0 Å². The van der Waals surface area contributed by atoms with E-state index in [1.54, 1.807) is 0 Å². The summed E-state index contributed by atoms with van der Waals surface area (Å²) >= 11 is 5.56. The van der Waals surface area contributed by atoms with E-state index in [2.05, 4.69) is 6.58 Å². The van der Waals surface area contributed by atoms with Crippen molar-refractivity contribution in [2.45, 2.75) is 36.9 Å². The third kappa shape index (κ3) is 2.94. The van der Waals surface area contributed by atoms with Crippen LogP contribution in [0.4, 0.5) is 0 Å². The van der Waals surface area contributed by atoms with Crippen molar-refractivity contribution in [3.63, 3.8) is 0 Å². The SMILES string of the molecule is C=C(CCl)CC1OC(CO)C(O)C(O)C1O. The van der Waals surface area contributed by atoms with E-state index in [1.807, 2.05) is 0 Å². The molecule has 94 valence electrons. The molecule has 0 amide bonds. The standard InChI is InChI=1S/C10H17ClO5/c1-5(3-11)2-6-8(13)10(15)9(14)7(4-12)16-6/h6-10,12-15H,1-4H2. The Balaban J connectivity index is 2.67. The first-order valence-electron chi connectivity index (χ1n) is 5.04. The van der Waals surface area contributed by atoms with Gasteiger partial charge in [0.05, 0.1) is 12.7 Å². The predicted octanol–water partition coefficient (Wildman–Crippen LogP) is -0.986. The van der Waals surface area contributed by atoms with Gasteiger partial charge in [-0.25, -0.2) is 0 Å². The summed E-state index contributed by atoms with van der Waals surface area (Å²) in [7, 11) is 0. The molecule has 1 heterocycles. The molecule has 5 atom stereocenters. The fraction of sp³-hybridized carbons (Fsp3) is 0.800. The molecule has 16 heavy (non-hydrogen) atoms. The van der Waals surface area contributed by atoms with Gasteiger partial charge in [0.2, 0.25) is 0 Å². The average Bonchev–Trinajstić information content (AvgIpc) is 2.29. The van der Waals surface area contributed by atoms with Crippen LogP contribution in [0.5, 0.6) is 0 Å². The Bertz CT molecular complexity index is 245. The van der Waals surface area contributed by atoms with Crippen molar-refractivity contribution in [3.8, 4) is 0 Å². The zero-order valence-electron chi connectivity index (χ0n) is 8.79. The highest BCUT2D eigenvalue weighted by Crippen LogP contribution is 2.25. The van der Waals surface area contributed by atoms with Crippen LogP contribution in [-0.2, 0) is 4.74 Å². The van der Waals surface area contributed by atoms with Gasteiger partial charge in [-0.15, -0.1) is 11.6 Å².